The maximum atomic E-state index is 13.6. The smallest absolute Gasteiger partial charge is 0.272 e. The highest BCUT2D eigenvalue weighted by atomic mass is 16.5. The van der Waals surface area contributed by atoms with Crippen molar-refractivity contribution in [3.63, 3.8) is 0 Å². The molecular weight excluding hydrogens is 492 g/mol. The second-order valence-electron chi connectivity index (χ2n) is 11.7. The molecular formula is C31H46N4O4. The lowest BCUT2D eigenvalue weighted by atomic mass is 9.85. The standard InChI is InChI=1S/C31H46N4O4/c1-21(2)20-35-26(30-27(38-3)14-9-15-28(30)39-4)19-25(34-35)31(37)33-24(17-16-22-10-6-5-7-11-22)18-29(36)32-23-12-8-13-23/h9,14-15,19,21-24H,5-8,10-13,16-18,20H2,1-4H3,(H,32,36)(H,33,37). The van der Waals surface area contributed by atoms with Gasteiger partial charge < -0.3 is 20.1 Å². The molecule has 2 fully saturated rings. The van der Waals surface area contributed by atoms with Crippen LogP contribution in [0.5, 0.6) is 11.5 Å². The average molecular weight is 539 g/mol. The van der Waals surface area contributed by atoms with E-state index in [1.165, 1.54) is 38.5 Å². The number of hydrogen-bond acceptors (Lipinski definition) is 5. The SMILES string of the molecule is COc1cccc(OC)c1-c1cc(C(=O)NC(CCC2CCCCC2)CC(=O)NC2CCC2)nn1CC(C)C. The van der Waals surface area contributed by atoms with Crippen molar-refractivity contribution in [2.45, 2.75) is 103 Å². The highest BCUT2D eigenvalue weighted by Crippen LogP contribution is 2.39. The van der Waals surface area contributed by atoms with Crippen LogP contribution in [0, 0.1) is 11.8 Å². The van der Waals surface area contributed by atoms with Gasteiger partial charge in [-0.05, 0) is 62.1 Å². The van der Waals surface area contributed by atoms with E-state index in [0.29, 0.717) is 42.0 Å². The van der Waals surface area contributed by atoms with Gasteiger partial charge in [-0.2, -0.15) is 5.10 Å². The molecule has 8 nitrogen and oxygen atoms in total. The lowest BCUT2D eigenvalue weighted by molar-refractivity contribution is -0.122. The zero-order valence-electron chi connectivity index (χ0n) is 24.1. The molecule has 2 aliphatic rings. The predicted molar refractivity (Wildman–Crippen MR) is 153 cm³/mol. The van der Waals surface area contributed by atoms with Crippen LogP contribution in [0.3, 0.4) is 0 Å². The second kappa shape index (κ2) is 13.9. The fourth-order valence-electron chi connectivity index (χ4n) is 5.78. The fraction of sp³-hybridized carbons (Fsp3) is 0.645. The van der Waals surface area contributed by atoms with Crippen LogP contribution < -0.4 is 20.1 Å². The summed E-state index contributed by atoms with van der Waals surface area (Å²) in [6, 6.07) is 7.52. The lowest BCUT2D eigenvalue weighted by Gasteiger charge is -2.28. The first-order valence-electron chi connectivity index (χ1n) is 14.8. The number of rotatable bonds is 13. The van der Waals surface area contributed by atoms with Crippen LogP contribution in [-0.2, 0) is 11.3 Å². The van der Waals surface area contributed by atoms with Crippen molar-refractivity contribution < 1.29 is 19.1 Å². The van der Waals surface area contributed by atoms with Crippen LogP contribution in [0.2, 0.25) is 0 Å². The van der Waals surface area contributed by atoms with Gasteiger partial charge >= 0.3 is 0 Å². The quantitative estimate of drug-likeness (QED) is 0.339. The largest absolute Gasteiger partial charge is 0.496 e. The molecule has 0 saturated heterocycles. The Hall–Kier alpha value is -3.03. The minimum absolute atomic E-state index is 0.0263. The summed E-state index contributed by atoms with van der Waals surface area (Å²) < 4.78 is 13.2. The molecule has 2 amide bonds. The highest BCUT2D eigenvalue weighted by Gasteiger charge is 2.26. The summed E-state index contributed by atoms with van der Waals surface area (Å²) in [5, 5.41) is 11.0. The van der Waals surface area contributed by atoms with Crippen molar-refractivity contribution in [2.24, 2.45) is 11.8 Å². The molecule has 214 valence electrons. The van der Waals surface area contributed by atoms with Crippen LogP contribution >= 0.6 is 0 Å². The molecule has 1 heterocycles. The molecule has 8 heteroatoms. The van der Waals surface area contributed by atoms with E-state index < -0.39 is 0 Å². The minimum Gasteiger partial charge on any atom is -0.496 e. The topological polar surface area (TPSA) is 94.5 Å². The molecule has 1 aromatic carbocycles. The number of hydrogen-bond donors (Lipinski definition) is 2. The summed E-state index contributed by atoms with van der Waals surface area (Å²) in [5.74, 6) is 2.09. The Labute approximate surface area is 233 Å². The molecule has 0 radical (unpaired) electrons. The molecule has 39 heavy (non-hydrogen) atoms. The Bertz CT molecular complexity index is 1080. The van der Waals surface area contributed by atoms with Gasteiger partial charge in [0, 0.05) is 25.0 Å². The molecule has 0 spiro atoms. The number of benzene rings is 1. The van der Waals surface area contributed by atoms with Gasteiger partial charge in [0.15, 0.2) is 5.69 Å². The van der Waals surface area contributed by atoms with Gasteiger partial charge in [0.25, 0.3) is 5.91 Å². The van der Waals surface area contributed by atoms with E-state index >= 15 is 0 Å². The molecule has 2 saturated carbocycles. The van der Waals surface area contributed by atoms with Crippen LogP contribution in [0.15, 0.2) is 24.3 Å². The van der Waals surface area contributed by atoms with Crippen molar-refractivity contribution in [1.29, 1.82) is 0 Å². The van der Waals surface area contributed by atoms with Crippen molar-refractivity contribution >= 4 is 11.8 Å². The Balaban J connectivity index is 1.55. The molecule has 1 aromatic heterocycles. The van der Waals surface area contributed by atoms with Crippen LogP contribution in [0.1, 0.15) is 95.0 Å². The Morgan fingerprint density at radius 2 is 1.72 bits per heavy atom. The van der Waals surface area contributed by atoms with Gasteiger partial charge in [0.05, 0.1) is 25.5 Å². The number of ether oxygens (including phenoxy) is 2. The monoisotopic (exact) mass is 538 g/mol. The van der Waals surface area contributed by atoms with Gasteiger partial charge in [-0.3, -0.25) is 14.3 Å². The second-order valence-corrected chi connectivity index (χ2v) is 11.7. The minimum atomic E-state index is -0.252. The molecule has 2 aliphatic carbocycles. The maximum Gasteiger partial charge on any atom is 0.272 e. The van der Waals surface area contributed by atoms with E-state index in [1.54, 1.807) is 14.2 Å². The van der Waals surface area contributed by atoms with Gasteiger partial charge in [0.1, 0.15) is 11.5 Å². The van der Waals surface area contributed by atoms with Crippen LogP contribution in [0.4, 0.5) is 0 Å². The highest BCUT2D eigenvalue weighted by molar-refractivity contribution is 5.94. The number of carbonyl (C=O) groups is 2. The molecule has 4 rings (SSSR count). The molecule has 2 N–H and O–H groups in total. The van der Waals surface area contributed by atoms with Gasteiger partial charge in [-0.1, -0.05) is 52.0 Å². The Morgan fingerprint density at radius 3 is 2.31 bits per heavy atom. The zero-order chi connectivity index (χ0) is 27.8. The zero-order valence-corrected chi connectivity index (χ0v) is 24.1. The van der Waals surface area contributed by atoms with E-state index in [2.05, 4.69) is 24.5 Å². The summed E-state index contributed by atoms with van der Waals surface area (Å²) >= 11 is 0. The van der Waals surface area contributed by atoms with E-state index in [0.717, 1.165) is 36.9 Å². The van der Waals surface area contributed by atoms with E-state index in [9.17, 15) is 9.59 Å². The van der Waals surface area contributed by atoms with E-state index in [-0.39, 0.29) is 23.9 Å². The summed E-state index contributed by atoms with van der Waals surface area (Å²) in [5.41, 5.74) is 1.87. The molecule has 1 unspecified atom stereocenters. The van der Waals surface area contributed by atoms with Crippen LogP contribution in [-0.4, -0.2) is 47.9 Å². The van der Waals surface area contributed by atoms with Crippen molar-refractivity contribution in [1.82, 2.24) is 20.4 Å². The van der Waals surface area contributed by atoms with Crippen molar-refractivity contribution in [3.8, 4) is 22.8 Å². The van der Waals surface area contributed by atoms with Gasteiger partial charge in [0.2, 0.25) is 5.91 Å². The first-order chi connectivity index (χ1) is 18.9. The maximum absolute atomic E-state index is 13.6. The number of nitrogens with zero attached hydrogens (tertiary/aromatic N) is 2. The fourth-order valence-corrected chi connectivity index (χ4v) is 5.78. The molecule has 2 aromatic rings. The van der Waals surface area contributed by atoms with Crippen LogP contribution in [0.25, 0.3) is 11.3 Å². The average Bonchev–Trinajstić information content (AvgIpc) is 3.32. The normalized spacial score (nSPS) is 16.9. The predicted octanol–water partition coefficient (Wildman–Crippen LogP) is 5.74. The third-order valence-electron chi connectivity index (χ3n) is 8.12. The number of amides is 2. The molecule has 0 aliphatic heterocycles. The van der Waals surface area contributed by atoms with Crippen molar-refractivity contribution in [3.05, 3.63) is 30.0 Å². The van der Waals surface area contributed by atoms with E-state index in [4.69, 9.17) is 14.6 Å². The number of nitrogens with one attached hydrogen (secondary N) is 2. The molecule has 0 bridgehead atoms. The number of carbonyl (C=O) groups excluding carboxylic acids is 2. The van der Waals surface area contributed by atoms with Gasteiger partial charge in [-0.25, -0.2) is 0 Å². The van der Waals surface area contributed by atoms with E-state index in [1.807, 2.05) is 28.9 Å². The van der Waals surface area contributed by atoms with Gasteiger partial charge in [-0.15, -0.1) is 0 Å². The first-order valence-corrected chi connectivity index (χ1v) is 14.8. The first kappa shape index (κ1) is 29.0. The van der Waals surface area contributed by atoms with Crippen molar-refractivity contribution in [2.75, 3.05) is 14.2 Å². The summed E-state index contributed by atoms with van der Waals surface area (Å²) in [4.78, 5) is 26.4. The summed E-state index contributed by atoms with van der Waals surface area (Å²) in [6.45, 7) is 4.87. The number of methoxy groups -OCH3 is 2. The number of aromatic nitrogens is 2. The summed E-state index contributed by atoms with van der Waals surface area (Å²) in [6.07, 6.45) is 11.8. The molecule has 1 atom stereocenters. The Kier molecular flexibility index (Phi) is 10.3. The summed E-state index contributed by atoms with van der Waals surface area (Å²) in [7, 11) is 3.25. The Morgan fingerprint density at radius 1 is 1.03 bits per heavy atom. The third-order valence-corrected chi connectivity index (χ3v) is 8.12. The third kappa shape index (κ3) is 7.76. The lowest BCUT2D eigenvalue weighted by Crippen LogP contribution is -2.44.